The first-order chi connectivity index (χ1) is 12.6. The molecule has 0 saturated carbocycles. The Kier molecular flexibility index (Phi) is 4.93. The number of fused-ring (bicyclic) bond motifs is 1. The third-order valence-corrected chi connectivity index (χ3v) is 4.20. The van der Waals surface area contributed by atoms with Crippen LogP contribution in [0.4, 0.5) is 0 Å². The first-order valence-corrected chi connectivity index (χ1v) is 8.02. The molecule has 0 aliphatic carbocycles. The van der Waals surface area contributed by atoms with Gasteiger partial charge in [-0.2, -0.15) is 0 Å². The zero-order valence-corrected chi connectivity index (χ0v) is 14.8. The van der Waals surface area contributed by atoms with Crippen LogP contribution < -0.4 is 14.2 Å². The third-order valence-electron chi connectivity index (χ3n) is 4.20. The van der Waals surface area contributed by atoms with E-state index in [0.29, 0.717) is 33.9 Å². The zero-order valence-electron chi connectivity index (χ0n) is 14.8. The van der Waals surface area contributed by atoms with E-state index in [2.05, 4.69) is 0 Å². The number of hydrogen-bond donors (Lipinski definition) is 0. The number of imide groups is 1. The summed E-state index contributed by atoms with van der Waals surface area (Å²) in [6, 6.07) is 10.3. The summed E-state index contributed by atoms with van der Waals surface area (Å²) >= 11 is 0. The van der Waals surface area contributed by atoms with Crippen molar-refractivity contribution >= 4 is 17.9 Å². The second-order valence-corrected chi connectivity index (χ2v) is 5.61. The van der Waals surface area contributed by atoms with Crippen molar-refractivity contribution in [1.82, 2.24) is 4.90 Å². The molecule has 0 aromatic heterocycles. The lowest BCUT2D eigenvalue weighted by Crippen LogP contribution is -2.29. The van der Waals surface area contributed by atoms with Crippen LogP contribution in [0, 0.1) is 0 Å². The number of nitrogens with zero attached hydrogens (tertiary/aromatic N) is 1. The maximum Gasteiger partial charge on any atom is 0.261 e. The van der Waals surface area contributed by atoms with Crippen LogP contribution in [0.15, 0.2) is 42.5 Å². The summed E-state index contributed by atoms with van der Waals surface area (Å²) in [7, 11) is 4.66. The molecule has 1 aliphatic heterocycles. The molecule has 6 nitrogen and oxygen atoms in total. The topological polar surface area (TPSA) is 65.1 Å². The Labute approximate surface area is 151 Å². The SMILES string of the molecule is COc1cc(OC)c(/C=C/CN2C(=O)c3ccccc3C2=O)c(OC)c1. The number of amides is 2. The van der Waals surface area contributed by atoms with E-state index < -0.39 is 0 Å². The van der Waals surface area contributed by atoms with Crippen LogP contribution in [0.1, 0.15) is 26.3 Å². The molecule has 0 bridgehead atoms. The summed E-state index contributed by atoms with van der Waals surface area (Å²) < 4.78 is 16.0. The fourth-order valence-corrected chi connectivity index (χ4v) is 2.88. The van der Waals surface area contributed by atoms with Crippen molar-refractivity contribution in [2.24, 2.45) is 0 Å². The normalized spacial score (nSPS) is 13.3. The number of rotatable bonds is 6. The van der Waals surface area contributed by atoms with Crippen molar-refractivity contribution in [3.63, 3.8) is 0 Å². The van der Waals surface area contributed by atoms with Gasteiger partial charge in [0.05, 0.1) is 38.0 Å². The molecule has 0 N–H and O–H groups in total. The van der Waals surface area contributed by atoms with E-state index in [4.69, 9.17) is 14.2 Å². The summed E-state index contributed by atoms with van der Waals surface area (Å²) in [5.41, 5.74) is 1.57. The van der Waals surface area contributed by atoms with Crippen molar-refractivity contribution in [3.05, 3.63) is 59.2 Å². The average Bonchev–Trinajstić information content (AvgIpc) is 2.92. The van der Waals surface area contributed by atoms with Crippen molar-refractivity contribution < 1.29 is 23.8 Å². The Bertz CT molecular complexity index is 828. The Morgan fingerprint density at radius 3 is 1.88 bits per heavy atom. The Morgan fingerprint density at radius 1 is 0.885 bits per heavy atom. The molecule has 2 aromatic carbocycles. The molecule has 1 heterocycles. The van der Waals surface area contributed by atoms with Gasteiger partial charge in [-0.05, 0) is 18.2 Å². The first-order valence-electron chi connectivity index (χ1n) is 8.02. The summed E-state index contributed by atoms with van der Waals surface area (Å²) in [6.45, 7) is 0.157. The molecular formula is C20H19NO5. The molecule has 134 valence electrons. The zero-order chi connectivity index (χ0) is 18.7. The Balaban J connectivity index is 1.84. The van der Waals surface area contributed by atoms with Crippen molar-refractivity contribution in [2.45, 2.75) is 0 Å². The highest BCUT2D eigenvalue weighted by Crippen LogP contribution is 2.35. The number of benzene rings is 2. The van der Waals surface area contributed by atoms with Crippen LogP contribution in [0.25, 0.3) is 6.08 Å². The van der Waals surface area contributed by atoms with E-state index in [1.165, 1.54) is 4.90 Å². The van der Waals surface area contributed by atoms with Gasteiger partial charge in [-0.3, -0.25) is 14.5 Å². The standard InChI is InChI=1S/C20H19NO5/c1-24-13-11-17(25-2)16(18(12-13)26-3)9-6-10-21-19(22)14-7-4-5-8-15(14)20(21)23/h4-9,11-12H,10H2,1-3H3/b9-6+. The maximum atomic E-state index is 12.4. The van der Waals surface area contributed by atoms with Gasteiger partial charge in [0.15, 0.2) is 0 Å². The number of ether oxygens (including phenoxy) is 3. The maximum absolute atomic E-state index is 12.4. The highest BCUT2D eigenvalue weighted by atomic mass is 16.5. The molecule has 0 unspecified atom stereocenters. The molecule has 0 spiro atoms. The van der Waals surface area contributed by atoms with Gasteiger partial charge >= 0.3 is 0 Å². The van der Waals surface area contributed by atoms with Crippen molar-refractivity contribution in [2.75, 3.05) is 27.9 Å². The minimum atomic E-state index is -0.288. The first kappa shape index (κ1) is 17.5. The fourth-order valence-electron chi connectivity index (χ4n) is 2.88. The molecule has 0 saturated heterocycles. The van der Waals surface area contributed by atoms with Gasteiger partial charge in [-0.1, -0.05) is 18.2 Å². The molecule has 2 amide bonds. The van der Waals surface area contributed by atoms with E-state index in [1.807, 2.05) is 0 Å². The summed E-state index contributed by atoms with van der Waals surface area (Å²) in [5, 5.41) is 0. The van der Waals surface area contributed by atoms with Crippen molar-refractivity contribution in [1.29, 1.82) is 0 Å². The predicted octanol–water partition coefficient (Wildman–Crippen LogP) is 3.02. The quantitative estimate of drug-likeness (QED) is 0.747. The van der Waals surface area contributed by atoms with Crippen LogP contribution in [0.3, 0.4) is 0 Å². The van der Waals surface area contributed by atoms with Crippen LogP contribution in [0.5, 0.6) is 17.2 Å². The highest BCUT2D eigenvalue weighted by Gasteiger charge is 2.34. The van der Waals surface area contributed by atoms with Gasteiger partial charge in [-0.15, -0.1) is 0 Å². The van der Waals surface area contributed by atoms with Crippen LogP contribution in [0.2, 0.25) is 0 Å². The predicted molar refractivity (Wildman–Crippen MR) is 96.9 cm³/mol. The molecule has 0 fully saturated rings. The monoisotopic (exact) mass is 353 g/mol. The minimum absolute atomic E-state index is 0.157. The van der Waals surface area contributed by atoms with Gasteiger partial charge in [0.25, 0.3) is 11.8 Å². The van der Waals surface area contributed by atoms with E-state index in [1.54, 1.807) is 69.9 Å². The molecule has 0 radical (unpaired) electrons. The van der Waals surface area contributed by atoms with Crippen molar-refractivity contribution in [3.8, 4) is 17.2 Å². The van der Waals surface area contributed by atoms with Crippen LogP contribution in [-0.4, -0.2) is 44.6 Å². The van der Waals surface area contributed by atoms with Gasteiger partial charge in [0, 0.05) is 18.7 Å². The van der Waals surface area contributed by atoms with Gasteiger partial charge < -0.3 is 14.2 Å². The molecule has 2 aromatic rings. The minimum Gasteiger partial charge on any atom is -0.496 e. The van der Waals surface area contributed by atoms with Crippen LogP contribution in [-0.2, 0) is 0 Å². The van der Waals surface area contributed by atoms with E-state index in [9.17, 15) is 9.59 Å². The molecule has 3 rings (SSSR count). The summed E-state index contributed by atoms with van der Waals surface area (Å²) in [6.07, 6.45) is 3.50. The lowest BCUT2D eigenvalue weighted by atomic mass is 10.1. The Morgan fingerprint density at radius 2 is 1.42 bits per heavy atom. The van der Waals surface area contributed by atoms with E-state index in [0.717, 1.165) is 0 Å². The fraction of sp³-hybridized carbons (Fsp3) is 0.200. The molecular weight excluding hydrogens is 334 g/mol. The average molecular weight is 353 g/mol. The third kappa shape index (κ3) is 3.01. The molecule has 26 heavy (non-hydrogen) atoms. The second-order valence-electron chi connectivity index (χ2n) is 5.61. The number of carbonyl (C=O) groups excluding carboxylic acids is 2. The number of methoxy groups -OCH3 is 3. The summed E-state index contributed by atoms with van der Waals surface area (Å²) in [4.78, 5) is 26.0. The second kappa shape index (κ2) is 7.31. The van der Waals surface area contributed by atoms with Gasteiger partial charge in [-0.25, -0.2) is 0 Å². The molecule has 0 atom stereocenters. The van der Waals surface area contributed by atoms with Gasteiger partial charge in [0.2, 0.25) is 0 Å². The summed E-state index contributed by atoms with van der Waals surface area (Å²) in [5.74, 6) is 1.17. The Hall–Kier alpha value is -3.28. The van der Waals surface area contributed by atoms with E-state index >= 15 is 0 Å². The van der Waals surface area contributed by atoms with E-state index in [-0.39, 0.29) is 18.4 Å². The number of hydrogen-bond acceptors (Lipinski definition) is 5. The largest absolute Gasteiger partial charge is 0.496 e. The smallest absolute Gasteiger partial charge is 0.261 e. The molecule has 1 aliphatic rings. The highest BCUT2D eigenvalue weighted by molar-refractivity contribution is 6.21. The lowest BCUT2D eigenvalue weighted by molar-refractivity contribution is 0.0672. The number of carbonyl (C=O) groups is 2. The molecule has 6 heteroatoms. The van der Waals surface area contributed by atoms with Crippen LogP contribution >= 0.6 is 0 Å². The lowest BCUT2D eigenvalue weighted by Gasteiger charge is -2.13. The van der Waals surface area contributed by atoms with Gasteiger partial charge in [0.1, 0.15) is 17.2 Å².